The Kier molecular flexibility index (Phi) is 7.63. The van der Waals surface area contributed by atoms with Crippen LogP contribution >= 0.6 is 0 Å². The van der Waals surface area contributed by atoms with E-state index in [1.165, 1.54) is 6.92 Å². The van der Waals surface area contributed by atoms with Crippen molar-refractivity contribution in [2.45, 2.75) is 40.0 Å². The quantitative estimate of drug-likeness (QED) is 0.634. The molecule has 0 aliphatic carbocycles. The van der Waals surface area contributed by atoms with E-state index in [-0.39, 0.29) is 18.6 Å². The maximum absolute atomic E-state index is 11.5. The van der Waals surface area contributed by atoms with Crippen molar-refractivity contribution in [1.29, 1.82) is 0 Å². The van der Waals surface area contributed by atoms with Gasteiger partial charge in [0.2, 0.25) is 0 Å². The standard InChI is InChI=1S/C13H20O6/c1-4-10(14)5-9(3)13(18)19-7-11(15)8(2)6-12(16)17/h8-9H,4-7H2,1-3H3,(H,16,17). The van der Waals surface area contributed by atoms with Crippen molar-refractivity contribution in [3.05, 3.63) is 0 Å². The number of rotatable bonds is 9. The number of hydrogen-bond acceptors (Lipinski definition) is 5. The van der Waals surface area contributed by atoms with Crippen molar-refractivity contribution >= 4 is 23.5 Å². The molecule has 0 rings (SSSR count). The Labute approximate surface area is 112 Å². The Morgan fingerprint density at radius 1 is 1.05 bits per heavy atom. The van der Waals surface area contributed by atoms with E-state index >= 15 is 0 Å². The molecule has 0 aromatic rings. The zero-order valence-corrected chi connectivity index (χ0v) is 11.5. The Balaban J connectivity index is 4.11. The molecule has 0 aliphatic rings. The zero-order valence-electron chi connectivity index (χ0n) is 11.5. The third kappa shape index (κ3) is 7.33. The second-order valence-corrected chi connectivity index (χ2v) is 4.57. The van der Waals surface area contributed by atoms with Crippen LogP contribution in [0.2, 0.25) is 0 Å². The molecule has 0 amide bonds. The topological polar surface area (TPSA) is 97.7 Å². The molecule has 6 nitrogen and oxygen atoms in total. The molecule has 0 saturated heterocycles. The second kappa shape index (κ2) is 8.39. The van der Waals surface area contributed by atoms with Crippen LogP contribution in [0, 0.1) is 11.8 Å². The summed E-state index contributed by atoms with van der Waals surface area (Å²) >= 11 is 0. The van der Waals surface area contributed by atoms with E-state index in [9.17, 15) is 19.2 Å². The fourth-order valence-corrected chi connectivity index (χ4v) is 1.37. The Bertz CT molecular complexity index is 360. The van der Waals surface area contributed by atoms with Gasteiger partial charge in [-0.3, -0.25) is 19.2 Å². The van der Waals surface area contributed by atoms with Crippen LogP contribution in [-0.2, 0) is 23.9 Å². The third-order valence-electron chi connectivity index (χ3n) is 2.72. The largest absolute Gasteiger partial charge is 0.481 e. The van der Waals surface area contributed by atoms with Crippen LogP contribution in [0.3, 0.4) is 0 Å². The minimum atomic E-state index is -1.07. The van der Waals surface area contributed by atoms with Gasteiger partial charge in [-0.25, -0.2) is 0 Å². The van der Waals surface area contributed by atoms with Crippen LogP contribution in [0.25, 0.3) is 0 Å². The maximum atomic E-state index is 11.5. The van der Waals surface area contributed by atoms with Crippen LogP contribution < -0.4 is 0 Å². The number of Topliss-reactive ketones (excluding diaryl/α,β-unsaturated/α-hetero) is 2. The first kappa shape index (κ1) is 17.3. The van der Waals surface area contributed by atoms with Gasteiger partial charge in [0.1, 0.15) is 12.4 Å². The molecule has 0 aromatic heterocycles. The highest BCUT2D eigenvalue weighted by Gasteiger charge is 2.21. The average molecular weight is 272 g/mol. The molecule has 19 heavy (non-hydrogen) atoms. The smallest absolute Gasteiger partial charge is 0.309 e. The second-order valence-electron chi connectivity index (χ2n) is 4.57. The fourth-order valence-electron chi connectivity index (χ4n) is 1.37. The molecule has 0 bridgehead atoms. The number of esters is 1. The summed E-state index contributed by atoms with van der Waals surface area (Å²) in [5.74, 6) is -3.46. The minimum Gasteiger partial charge on any atom is -0.481 e. The molecule has 6 heteroatoms. The summed E-state index contributed by atoms with van der Waals surface area (Å²) in [6.07, 6.45) is 0.153. The highest BCUT2D eigenvalue weighted by Crippen LogP contribution is 2.09. The predicted octanol–water partition coefficient (Wildman–Crippen LogP) is 1.21. The van der Waals surface area contributed by atoms with Gasteiger partial charge in [-0.2, -0.15) is 0 Å². The van der Waals surface area contributed by atoms with Gasteiger partial charge in [0.15, 0.2) is 5.78 Å². The number of aliphatic carboxylic acids is 1. The van der Waals surface area contributed by atoms with Crippen LogP contribution in [-0.4, -0.2) is 35.2 Å². The van der Waals surface area contributed by atoms with Gasteiger partial charge in [-0.15, -0.1) is 0 Å². The van der Waals surface area contributed by atoms with Gasteiger partial charge in [-0.05, 0) is 0 Å². The van der Waals surface area contributed by atoms with Crippen molar-refractivity contribution in [2.75, 3.05) is 6.61 Å². The van der Waals surface area contributed by atoms with Gasteiger partial charge in [0.05, 0.1) is 12.3 Å². The van der Waals surface area contributed by atoms with Gasteiger partial charge in [0, 0.05) is 18.8 Å². The van der Waals surface area contributed by atoms with Crippen molar-refractivity contribution in [3.63, 3.8) is 0 Å². The van der Waals surface area contributed by atoms with Crippen LogP contribution in [0.5, 0.6) is 0 Å². The van der Waals surface area contributed by atoms with Gasteiger partial charge >= 0.3 is 11.9 Å². The number of ether oxygens (including phenoxy) is 1. The van der Waals surface area contributed by atoms with Crippen LogP contribution in [0.15, 0.2) is 0 Å². The van der Waals surface area contributed by atoms with Crippen molar-refractivity contribution in [2.24, 2.45) is 11.8 Å². The summed E-state index contributed by atoms with van der Waals surface area (Å²) in [5, 5.41) is 8.53. The third-order valence-corrected chi connectivity index (χ3v) is 2.72. The first-order valence-corrected chi connectivity index (χ1v) is 6.20. The zero-order chi connectivity index (χ0) is 15.0. The van der Waals surface area contributed by atoms with Crippen LogP contribution in [0.1, 0.15) is 40.0 Å². The van der Waals surface area contributed by atoms with E-state index in [0.29, 0.717) is 6.42 Å². The van der Waals surface area contributed by atoms with E-state index < -0.39 is 36.2 Å². The van der Waals surface area contributed by atoms with Gasteiger partial charge in [-0.1, -0.05) is 20.8 Å². The lowest BCUT2D eigenvalue weighted by molar-refractivity contribution is -0.153. The molecule has 2 atom stereocenters. The monoisotopic (exact) mass is 272 g/mol. The number of ketones is 2. The van der Waals surface area contributed by atoms with E-state index in [2.05, 4.69) is 0 Å². The SMILES string of the molecule is CCC(=O)CC(C)C(=O)OCC(=O)C(C)CC(=O)O. The molecule has 0 fully saturated rings. The summed E-state index contributed by atoms with van der Waals surface area (Å²) in [7, 11) is 0. The normalized spacial score (nSPS) is 13.4. The molecule has 2 unspecified atom stereocenters. The lowest BCUT2D eigenvalue weighted by Gasteiger charge is -2.12. The highest BCUT2D eigenvalue weighted by molar-refractivity contribution is 5.88. The number of hydrogen-bond donors (Lipinski definition) is 1. The van der Waals surface area contributed by atoms with E-state index in [4.69, 9.17) is 9.84 Å². The number of carbonyl (C=O) groups is 4. The molecule has 0 saturated carbocycles. The molecule has 0 spiro atoms. The summed E-state index contributed by atoms with van der Waals surface area (Å²) in [6, 6.07) is 0. The molecule has 1 N–H and O–H groups in total. The summed E-state index contributed by atoms with van der Waals surface area (Å²) in [6.45, 7) is 4.28. The lowest BCUT2D eigenvalue weighted by atomic mass is 10.0. The maximum Gasteiger partial charge on any atom is 0.309 e. The first-order valence-electron chi connectivity index (χ1n) is 6.20. The van der Waals surface area contributed by atoms with E-state index in [0.717, 1.165) is 0 Å². The van der Waals surface area contributed by atoms with Crippen molar-refractivity contribution < 1.29 is 29.0 Å². The molecular weight excluding hydrogens is 252 g/mol. The van der Waals surface area contributed by atoms with E-state index in [1.807, 2.05) is 0 Å². The number of carboxylic acid groups (broad SMARTS) is 1. The Morgan fingerprint density at radius 2 is 1.63 bits per heavy atom. The molecular formula is C13H20O6. The fraction of sp³-hybridized carbons (Fsp3) is 0.692. The Hall–Kier alpha value is -1.72. The summed E-state index contributed by atoms with van der Waals surface area (Å²) in [4.78, 5) is 44.5. The summed E-state index contributed by atoms with van der Waals surface area (Å²) < 4.78 is 4.78. The Morgan fingerprint density at radius 3 is 2.11 bits per heavy atom. The summed E-state index contributed by atoms with van der Waals surface area (Å²) in [5.41, 5.74) is 0. The molecule has 0 aliphatic heterocycles. The highest BCUT2D eigenvalue weighted by atomic mass is 16.5. The minimum absolute atomic E-state index is 0.0463. The van der Waals surface area contributed by atoms with E-state index in [1.54, 1.807) is 13.8 Å². The molecule has 0 radical (unpaired) electrons. The molecule has 0 aromatic carbocycles. The predicted molar refractivity (Wildman–Crippen MR) is 66.5 cm³/mol. The van der Waals surface area contributed by atoms with Gasteiger partial charge < -0.3 is 9.84 Å². The molecule has 108 valence electrons. The number of carbonyl (C=O) groups excluding carboxylic acids is 3. The lowest BCUT2D eigenvalue weighted by Crippen LogP contribution is -2.25. The average Bonchev–Trinajstić information content (AvgIpc) is 2.34. The van der Waals surface area contributed by atoms with Crippen LogP contribution in [0.4, 0.5) is 0 Å². The number of carboxylic acids is 1. The molecule has 0 heterocycles. The first-order chi connectivity index (χ1) is 8.77. The van der Waals surface area contributed by atoms with Crippen molar-refractivity contribution in [3.8, 4) is 0 Å². The van der Waals surface area contributed by atoms with Crippen molar-refractivity contribution in [1.82, 2.24) is 0 Å². The van der Waals surface area contributed by atoms with Gasteiger partial charge in [0.25, 0.3) is 0 Å².